The number of aryl methyl sites for hydroxylation is 2. The molecule has 0 saturated carbocycles. The van der Waals surface area contributed by atoms with E-state index in [4.69, 9.17) is 0 Å². The van der Waals surface area contributed by atoms with Gasteiger partial charge in [-0.05, 0) is 54.2 Å². The minimum atomic E-state index is -4.01. The fraction of sp³-hybridized carbons (Fsp3) is 0.350. The number of halogens is 1. The van der Waals surface area contributed by atoms with E-state index in [0.717, 1.165) is 11.6 Å². The first-order chi connectivity index (χ1) is 12.3. The molecule has 2 rings (SSSR count). The lowest BCUT2D eigenvalue weighted by Crippen LogP contribution is -2.19. The molecule has 0 spiro atoms. The molecule has 7 heteroatoms. The van der Waals surface area contributed by atoms with Crippen LogP contribution in [0.5, 0.6) is 0 Å². The highest BCUT2D eigenvalue weighted by atomic mass is 32.2. The van der Waals surface area contributed by atoms with Crippen LogP contribution in [0.1, 0.15) is 44.4 Å². The quantitative estimate of drug-likeness (QED) is 0.804. The van der Waals surface area contributed by atoms with E-state index in [2.05, 4.69) is 30.8 Å². The average molecular weight is 392 g/mol. The molecule has 2 aromatic rings. The Kier molecular flexibility index (Phi) is 5.65. The van der Waals surface area contributed by atoms with Crippen LogP contribution in [0, 0.1) is 19.7 Å². The molecule has 0 aliphatic carbocycles. The van der Waals surface area contributed by atoms with Gasteiger partial charge in [0.15, 0.2) is 0 Å². The summed E-state index contributed by atoms with van der Waals surface area (Å²) in [6.07, 6.45) is 0. The summed E-state index contributed by atoms with van der Waals surface area (Å²) in [7, 11) is -4.01. The van der Waals surface area contributed by atoms with Gasteiger partial charge in [0.05, 0.1) is 10.6 Å². The minimum Gasteiger partial charge on any atom is -0.326 e. The van der Waals surface area contributed by atoms with Crippen LogP contribution >= 0.6 is 0 Å². The van der Waals surface area contributed by atoms with E-state index in [1.807, 2.05) is 12.1 Å². The second kappa shape index (κ2) is 7.31. The average Bonchev–Trinajstić information content (AvgIpc) is 2.47. The number of rotatable bonds is 4. The van der Waals surface area contributed by atoms with Crippen molar-refractivity contribution in [2.45, 2.75) is 51.9 Å². The number of nitrogens with one attached hydrogen (secondary N) is 2. The van der Waals surface area contributed by atoms with Crippen LogP contribution in [-0.2, 0) is 20.2 Å². The summed E-state index contributed by atoms with van der Waals surface area (Å²) in [5.41, 5.74) is 2.16. The van der Waals surface area contributed by atoms with Gasteiger partial charge in [-0.3, -0.25) is 9.52 Å². The van der Waals surface area contributed by atoms with Gasteiger partial charge in [-0.1, -0.05) is 32.9 Å². The van der Waals surface area contributed by atoms with Gasteiger partial charge < -0.3 is 5.32 Å². The van der Waals surface area contributed by atoms with E-state index >= 15 is 0 Å². The second-order valence-corrected chi connectivity index (χ2v) is 9.29. The van der Waals surface area contributed by atoms with Crippen LogP contribution in [0.4, 0.5) is 15.8 Å². The highest BCUT2D eigenvalue weighted by Gasteiger charge is 2.24. The molecule has 1 amide bonds. The molecule has 0 aliphatic rings. The molecule has 146 valence electrons. The van der Waals surface area contributed by atoms with Crippen molar-refractivity contribution in [2.75, 3.05) is 10.0 Å². The molecule has 0 radical (unpaired) electrons. The lowest BCUT2D eigenvalue weighted by Gasteiger charge is -2.22. The first-order valence-corrected chi connectivity index (χ1v) is 10.0. The molecule has 2 N–H and O–H groups in total. The summed E-state index contributed by atoms with van der Waals surface area (Å²) in [6, 6.07) is 7.40. The van der Waals surface area contributed by atoms with E-state index in [-0.39, 0.29) is 21.9 Å². The number of sulfonamides is 1. The maximum Gasteiger partial charge on any atom is 0.262 e. The Morgan fingerprint density at radius 3 is 2.07 bits per heavy atom. The number of benzene rings is 2. The maximum absolute atomic E-state index is 14.1. The molecular formula is C20H25FN2O3S. The summed E-state index contributed by atoms with van der Waals surface area (Å²) < 4.78 is 42.3. The second-order valence-electron chi connectivity index (χ2n) is 7.67. The van der Waals surface area contributed by atoms with Crippen LogP contribution in [0.25, 0.3) is 0 Å². The van der Waals surface area contributed by atoms with E-state index < -0.39 is 15.8 Å². The summed E-state index contributed by atoms with van der Waals surface area (Å²) in [6.45, 7) is 10.9. The Labute approximate surface area is 160 Å². The van der Waals surface area contributed by atoms with Crippen molar-refractivity contribution < 1.29 is 17.6 Å². The van der Waals surface area contributed by atoms with E-state index in [9.17, 15) is 17.6 Å². The number of carbonyl (C=O) groups excluding carboxylic acids is 1. The molecule has 2 aromatic carbocycles. The minimum absolute atomic E-state index is 0.121. The Hall–Kier alpha value is -2.41. The molecular weight excluding hydrogens is 367 g/mol. The molecule has 0 atom stereocenters. The monoisotopic (exact) mass is 392 g/mol. The topological polar surface area (TPSA) is 75.3 Å². The number of anilines is 2. The Bertz CT molecular complexity index is 970. The third-order valence-electron chi connectivity index (χ3n) is 4.13. The predicted octanol–water partition coefficient (Wildman–Crippen LogP) is 4.50. The van der Waals surface area contributed by atoms with Crippen molar-refractivity contribution in [3.8, 4) is 0 Å². The van der Waals surface area contributed by atoms with E-state index in [1.165, 1.54) is 19.1 Å². The molecule has 0 fully saturated rings. The zero-order chi connectivity index (χ0) is 20.6. The van der Waals surface area contributed by atoms with Crippen molar-refractivity contribution in [2.24, 2.45) is 0 Å². The third kappa shape index (κ3) is 4.86. The van der Waals surface area contributed by atoms with Crippen molar-refractivity contribution in [1.29, 1.82) is 0 Å². The summed E-state index contributed by atoms with van der Waals surface area (Å²) in [5.74, 6) is -1.06. The van der Waals surface area contributed by atoms with Crippen molar-refractivity contribution in [1.82, 2.24) is 0 Å². The van der Waals surface area contributed by atoms with Crippen LogP contribution in [-0.4, -0.2) is 14.3 Å². The normalized spacial score (nSPS) is 12.0. The number of carbonyl (C=O) groups is 1. The van der Waals surface area contributed by atoms with Crippen molar-refractivity contribution in [3.63, 3.8) is 0 Å². The molecule has 0 aromatic heterocycles. The fourth-order valence-electron chi connectivity index (χ4n) is 2.89. The zero-order valence-corrected chi connectivity index (χ0v) is 17.2. The van der Waals surface area contributed by atoms with Crippen molar-refractivity contribution in [3.05, 3.63) is 52.8 Å². The molecule has 0 bridgehead atoms. The molecule has 5 nitrogen and oxygen atoms in total. The molecule has 0 heterocycles. The number of hydrogen-bond acceptors (Lipinski definition) is 3. The van der Waals surface area contributed by atoms with Gasteiger partial charge in [0.25, 0.3) is 10.0 Å². The third-order valence-corrected chi connectivity index (χ3v) is 5.80. The Morgan fingerprint density at radius 2 is 1.59 bits per heavy atom. The van der Waals surface area contributed by atoms with Gasteiger partial charge in [0, 0.05) is 12.6 Å². The highest BCUT2D eigenvalue weighted by Crippen LogP contribution is 2.31. The lowest BCUT2D eigenvalue weighted by molar-refractivity contribution is -0.114. The maximum atomic E-state index is 14.1. The van der Waals surface area contributed by atoms with Gasteiger partial charge in [-0.2, -0.15) is 0 Å². The summed E-state index contributed by atoms with van der Waals surface area (Å²) in [4.78, 5) is 11.3. The summed E-state index contributed by atoms with van der Waals surface area (Å²) in [5, 5.41) is 2.50. The zero-order valence-electron chi connectivity index (χ0n) is 16.4. The first kappa shape index (κ1) is 20.9. The molecule has 0 unspecified atom stereocenters. The van der Waals surface area contributed by atoms with Gasteiger partial charge in [-0.15, -0.1) is 0 Å². The fourth-order valence-corrected chi connectivity index (χ4v) is 4.40. The Morgan fingerprint density at radius 1 is 1.04 bits per heavy atom. The number of amides is 1. The van der Waals surface area contributed by atoms with Gasteiger partial charge in [0.1, 0.15) is 5.82 Å². The highest BCUT2D eigenvalue weighted by molar-refractivity contribution is 7.92. The van der Waals surface area contributed by atoms with Crippen LogP contribution in [0.15, 0.2) is 35.2 Å². The molecule has 0 saturated heterocycles. The predicted molar refractivity (Wildman–Crippen MR) is 106 cm³/mol. The smallest absolute Gasteiger partial charge is 0.262 e. The first-order valence-electron chi connectivity index (χ1n) is 8.53. The van der Waals surface area contributed by atoms with Crippen LogP contribution in [0.2, 0.25) is 0 Å². The van der Waals surface area contributed by atoms with Crippen LogP contribution < -0.4 is 10.0 Å². The molecule has 27 heavy (non-hydrogen) atoms. The van der Waals surface area contributed by atoms with E-state index in [1.54, 1.807) is 13.8 Å². The Balaban J connectivity index is 2.48. The number of hydrogen-bond donors (Lipinski definition) is 2. The van der Waals surface area contributed by atoms with Gasteiger partial charge in [-0.25, -0.2) is 12.8 Å². The lowest BCUT2D eigenvalue weighted by atomic mass is 9.85. The largest absolute Gasteiger partial charge is 0.326 e. The van der Waals surface area contributed by atoms with E-state index in [0.29, 0.717) is 16.8 Å². The van der Waals surface area contributed by atoms with Crippen LogP contribution in [0.3, 0.4) is 0 Å². The van der Waals surface area contributed by atoms with Gasteiger partial charge >= 0.3 is 0 Å². The summed E-state index contributed by atoms with van der Waals surface area (Å²) >= 11 is 0. The van der Waals surface area contributed by atoms with Crippen molar-refractivity contribution >= 4 is 27.3 Å². The molecule has 0 aliphatic heterocycles. The van der Waals surface area contributed by atoms with Gasteiger partial charge in [0.2, 0.25) is 5.91 Å². The SMILES string of the molecule is CC(=O)Nc1ccc(F)c(NS(=O)(=O)c2c(C)cc(C(C)(C)C)cc2C)c1. The standard InChI is InChI=1S/C20H25FN2O3S/c1-12-9-15(20(4,5)6)10-13(2)19(12)27(25,26)23-18-11-16(22-14(3)24)7-8-17(18)21/h7-11,23H,1-6H3,(H,22,24).